The fourth-order valence-electron chi connectivity index (χ4n) is 16.8. The number of benzene rings is 3. The van der Waals surface area contributed by atoms with E-state index in [2.05, 4.69) is 62.6 Å². The molecule has 2 unspecified atom stereocenters. The molecule has 4 atom stereocenters. The van der Waals surface area contributed by atoms with E-state index in [9.17, 15) is 48.3 Å². The molecule has 0 spiro atoms. The Morgan fingerprint density at radius 2 is 1.50 bits per heavy atom. The first kappa shape index (κ1) is 76.7. The molecule has 554 valence electrons. The van der Waals surface area contributed by atoms with Crippen LogP contribution in [0.1, 0.15) is 183 Å². The van der Waals surface area contributed by atoms with Crippen molar-refractivity contribution in [1.29, 1.82) is 0 Å². The van der Waals surface area contributed by atoms with Crippen molar-refractivity contribution in [3.63, 3.8) is 0 Å². The Kier molecular flexibility index (Phi) is 24.2. The summed E-state index contributed by atoms with van der Waals surface area (Å²) < 4.78 is 16.3. The Morgan fingerprint density at radius 3 is 2.20 bits per heavy atom. The van der Waals surface area contributed by atoms with Crippen LogP contribution in [0.4, 0.5) is 20.4 Å². The van der Waals surface area contributed by atoms with Gasteiger partial charge in [0.15, 0.2) is 10.8 Å². The van der Waals surface area contributed by atoms with Gasteiger partial charge in [-0.15, -0.1) is 0 Å². The molecule has 27 heteroatoms. The molecule has 0 aliphatic heterocycles. The van der Waals surface area contributed by atoms with Crippen LogP contribution in [0.25, 0.3) is 43.4 Å². The van der Waals surface area contributed by atoms with E-state index in [4.69, 9.17) is 30.4 Å². The Morgan fingerprint density at radius 1 is 0.760 bits per heavy atom. The van der Waals surface area contributed by atoms with E-state index in [1.54, 1.807) is 67.5 Å². The predicted molar refractivity (Wildman–Crippen MR) is 395 cm³/mol. The van der Waals surface area contributed by atoms with E-state index in [0.29, 0.717) is 88.5 Å². The number of unbranched alkanes of at least 4 members (excludes halogenated alkanes) is 2. The minimum Gasteiger partial charge on any atom is -0.481 e. The standard InChI is InChI=1S/C77H97N13O13S/c1-9-30-73(5,6)89(72(101)102-39-49-20-24-52(25-21-49)83-67(96)59(17-15-32-81-70(78)100)85-68(97)64(47(2)3)87-62(92)19-11-10-14-31-80-61(91)28-29-63(93)94)33-34-103-77-43-74(7)40-75(8,44-77)42-76(41-74,45-77)46-90-48(4)55(38-82-90)53-26-27-57(84-65(53)69(98)99)50-22-23-51-36-79-37-56(54(51)35-50)66(95)88-71-86-58-16-12-13-18-60(58)104-71/h12-13,16,18,20-27,35-38,47,59,64H,9-11,14-15,17,19,28-34,39-46H2,1-8H3,(H,80,91)(H,83,96)(H,85,97)(H,87,92)(H,93,94)(H,98,99)(H3,78,81,100)(H,86,88,95)/t59-,64-,74?,75?,76?,77?/m0/s1. The first-order valence-electron chi connectivity index (χ1n) is 35.9. The second-order valence-corrected chi connectivity index (χ2v) is 31.3. The van der Waals surface area contributed by atoms with Gasteiger partial charge in [-0.05, 0) is 167 Å². The molecule has 4 aliphatic carbocycles. The lowest BCUT2D eigenvalue weighted by molar-refractivity contribution is -0.249. The van der Waals surface area contributed by atoms with Crippen molar-refractivity contribution < 1.29 is 62.8 Å². The van der Waals surface area contributed by atoms with Gasteiger partial charge in [-0.1, -0.05) is 95.2 Å². The maximum Gasteiger partial charge on any atom is 0.410 e. The Hall–Kier alpha value is -9.89. The maximum atomic E-state index is 14.4. The third kappa shape index (κ3) is 19.1. The van der Waals surface area contributed by atoms with Crippen LogP contribution in [0.5, 0.6) is 0 Å². The lowest BCUT2D eigenvalue weighted by Crippen LogP contribution is -2.64. The number of urea groups is 1. The molecule has 4 bridgehead atoms. The highest BCUT2D eigenvalue weighted by molar-refractivity contribution is 7.22. The molecule has 8 amide bonds. The monoisotopic (exact) mass is 1440 g/mol. The number of aromatic nitrogens is 5. The van der Waals surface area contributed by atoms with Crippen LogP contribution in [0, 0.1) is 29.1 Å². The van der Waals surface area contributed by atoms with Gasteiger partial charge >= 0.3 is 24.1 Å². The number of rotatable bonds is 35. The van der Waals surface area contributed by atoms with Crippen LogP contribution in [0.3, 0.4) is 0 Å². The van der Waals surface area contributed by atoms with Crippen LogP contribution in [-0.4, -0.2) is 143 Å². The van der Waals surface area contributed by atoms with E-state index in [0.717, 1.165) is 66.2 Å². The zero-order valence-electron chi connectivity index (χ0n) is 60.6. The van der Waals surface area contributed by atoms with Crippen LogP contribution in [0.15, 0.2) is 97.5 Å². The summed E-state index contributed by atoms with van der Waals surface area (Å²) in [6.07, 6.45) is 13.3. The zero-order valence-corrected chi connectivity index (χ0v) is 61.4. The van der Waals surface area contributed by atoms with Gasteiger partial charge in [0.1, 0.15) is 18.7 Å². The number of aromatic carboxylic acids is 1. The summed E-state index contributed by atoms with van der Waals surface area (Å²) in [6, 6.07) is 20.8. The van der Waals surface area contributed by atoms with Crippen molar-refractivity contribution in [1.82, 2.24) is 50.9 Å². The molecule has 3 aromatic carbocycles. The van der Waals surface area contributed by atoms with Gasteiger partial charge in [0, 0.05) is 90.4 Å². The summed E-state index contributed by atoms with van der Waals surface area (Å²) >= 11 is 1.38. The number of carbonyl (C=O) groups excluding carboxylic acids is 7. The van der Waals surface area contributed by atoms with Gasteiger partial charge in [-0.3, -0.25) is 43.7 Å². The average Bonchev–Trinajstić information content (AvgIpc) is 0.806. The number of thiazole rings is 1. The first-order chi connectivity index (χ1) is 49.5. The number of anilines is 2. The molecule has 10 N–H and O–H groups in total. The average molecular weight is 1440 g/mol. The van der Waals surface area contributed by atoms with Gasteiger partial charge < -0.3 is 56.9 Å². The number of nitrogens with one attached hydrogen (secondary N) is 6. The third-order valence-electron chi connectivity index (χ3n) is 20.4. The summed E-state index contributed by atoms with van der Waals surface area (Å²) in [5.41, 5.74) is 9.01. The molecule has 4 aromatic heterocycles. The predicted octanol–water partition coefficient (Wildman–Crippen LogP) is 11.9. The largest absolute Gasteiger partial charge is 0.481 e. The van der Waals surface area contributed by atoms with Crippen LogP contribution >= 0.6 is 11.3 Å². The maximum absolute atomic E-state index is 14.4. The Labute approximate surface area is 609 Å². The lowest BCUT2D eigenvalue weighted by atomic mass is 9.39. The number of aliphatic carboxylic acids is 1. The molecular formula is C77H97N13O13S. The van der Waals surface area contributed by atoms with Crippen LogP contribution < -0.4 is 37.6 Å². The summed E-state index contributed by atoms with van der Waals surface area (Å²) in [6.45, 7) is 18.0. The summed E-state index contributed by atoms with van der Waals surface area (Å²) in [4.78, 5) is 132. The topological polar surface area (TPSA) is 370 Å². The number of ether oxygens (including phenoxy) is 2. The van der Waals surface area contributed by atoms with E-state index >= 15 is 0 Å². The summed E-state index contributed by atoms with van der Waals surface area (Å²) in [5, 5.41) is 42.9. The van der Waals surface area contributed by atoms with E-state index in [1.165, 1.54) is 17.5 Å². The smallest absolute Gasteiger partial charge is 0.410 e. The fraction of sp³-hybridized carbons (Fsp3) is 0.494. The van der Waals surface area contributed by atoms with Crippen molar-refractivity contribution in [3.8, 4) is 22.4 Å². The number of hydrogen-bond donors (Lipinski definition) is 9. The normalized spacial score (nSPS) is 19.4. The van der Waals surface area contributed by atoms with Crippen molar-refractivity contribution in [2.24, 2.45) is 27.9 Å². The molecular weight excluding hydrogens is 1350 g/mol. The number of primary amides is 1. The number of fused-ring (bicyclic) bond motifs is 2. The highest BCUT2D eigenvalue weighted by Crippen LogP contribution is 2.72. The molecule has 26 nitrogen and oxygen atoms in total. The molecule has 0 radical (unpaired) electrons. The molecule has 7 aromatic rings. The van der Waals surface area contributed by atoms with Gasteiger partial charge in [-0.2, -0.15) is 5.10 Å². The van der Waals surface area contributed by atoms with Crippen LogP contribution in [0.2, 0.25) is 0 Å². The van der Waals surface area contributed by atoms with Crippen LogP contribution in [-0.2, 0) is 46.6 Å². The van der Waals surface area contributed by atoms with E-state index in [1.807, 2.05) is 67.9 Å². The number of amides is 8. The number of nitrogens with two attached hydrogens (primary N) is 1. The minimum absolute atomic E-state index is 0.0231. The van der Waals surface area contributed by atoms with Gasteiger partial charge in [0.05, 0.1) is 46.3 Å². The molecule has 4 saturated carbocycles. The Bertz CT molecular complexity index is 4290. The number of hydrogen-bond acceptors (Lipinski definition) is 16. The van der Waals surface area contributed by atoms with Crippen molar-refractivity contribution in [3.05, 3.63) is 120 Å². The SMILES string of the molecule is CCCC(C)(C)N(CCOC12CC3(C)CC(C)(CC(Cn4ncc(-c5ccc(-c6ccc7cncc(C(=O)Nc8nc9ccccc9s8)c7c6)nc5C(=O)O)c4C)(C3)C1)C2)C(=O)OCc1ccc(NC(=O)[C@H](CCCNC(N)=O)NC(=O)[C@@H](NC(=O)CCCCCNC(=O)CCC(=O)O)C(C)C)cc1. The minimum atomic E-state index is -1.19. The summed E-state index contributed by atoms with van der Waals surface area (Å²) in [5.74, 6) is -4.81. The van der Waals surface area contributed by atoms with Gasteiger partial charge in [0.2, 0.25) is 23.6 Å². The molecule has 104 heavy (non-hydrogen) atoms. The number of nitrogens with zero attached hydrogens (tertiary/aromatic N) is 6. The van der Waals surface area contributed by atoms with Gasteiger partial charge in [-0.25, -0.2) is 24.4 Å². The molecule has 4 aliphatic rings. The van der Waals surface area contributed by atoms with E-state index < -0.39 is 59.1 Å². The zero-order chi connectivity index (χ0) is 74.7. The summed E-state index contributed by atoms with van der Waals surface area (Å²) in [7, 11) is 0. The van der Waals surface area contributed by atoms with Crippen molar-refractivity contribution in [2.75, 3.05) is 36.9 Å². The first-order valence-corrected chi connectivity index (χ1v) is 36.7. The van der Waals surface area contributed by atoms with Gasteiger partial charge in [0.25, 0.3) is 5.91 Å². The van der Waals surface area contributed by atoms with Crippen molar-refractivity contribution in [2.45, 2.75) is 194 Å². The fourth-order valence-corrected chi connectivity index (χ4v) is 17.6. The molecule has 4 heterocycles. The molecule has 0 saturated heterocycles. The molecule has 4 fully saturated rings. The second-order valence-electron chi connectivity index (χ2n) is 30.3. The number of carboxylic acids is 2. The third-order valence-corrected chi connectivity index (χ3v) is 21.4. The van der Waals surface area contributed by atoms with Crippen molar-refractivity contribution >= 4 is 96.7 Å². The number of pyridine rings is 2. The quantitative estimate of drug-likeness (QED) is 0.0167. The highest BCUT2D eigenvalue weighted by atomic mass is 32.1. The number of para-hydroxylation sites is 1. The number of carbonyl (C=O) groups is 9. The highest BCUT2D eigenvalue weighted by Gasteiger charge is 2.66. The Balaban J connectivity index is 0.755. The second kappa shape index (κ2) is 32.8. The van der Waals surface area contributed by atoms with E-state index in [-0.39, 0.29) is 104 Å². The molecule has 11 rings (SSSR count). The number of carboxylic acid groups (broad SMARTS) is 2. The lowest BCUT2D eigenvalue weighted by Gasteiger charge is -2.69.